The minimum absolute atomic E-state index is 0.0590. The van der Waals surface area contributed by atoms with Crippen LogP contribution in [-0.4, -0.2) is 32.5 Å². The highest BCUT2D eigenvalue weighted by Gasteiger charge is 2.40. The van der Waals surface area contributed by atoms with Gasteiger partial charge in [0.15, 0.2) is 9.84 Å². The van der Waals surface area contributed by atoms with Crippen molar-refractivity contribution in [3.63, 3.8) is 0 Å². The van der Waals surface area contributed by atoms with Gasteiger partial charge in [-0.2, -0.15) is 0 Å². The van der Waals surface area contributed by atoms with Gasteiger partial charge in [-0.15, -0.1) is 0 Å². The summed E-state index contributed by atoms with van der Waals surface area (Å²) >= 11 is 0. The first-order valence-corrected chi connectivity index (χ1v) is 5.84. The summed E-state index contributed by atoms with van der Waals surface area (Å²) in [6.07, 6.45) is 2.23. The van der Waals surface area contributed by atoms with Crippen molar-refractivity contribution in [2.75, 3.05) is 18.8 Å². The van der Waals surface area contributed by atoms with Gasteiger partial charge in [0, 0.05) is 13.1 Å². The molecular formula is C7H13NO2S. The van der Waals surface area contributed by atoms with Crippen LogP contribution in [0.3, 0.4) is 0 Å². The minimum Gasteiger partial charge on any atom is -0.314 e. The van der Waals surface area contributed by atoms with Gasteiger partial charge in [0.2, 0.25) is 0 Å². The van der Waals surface area contributed by atoms with Gasteiger partial charge in [-0.3, -0.25) is 0 Å². The highest BCUT2D eigenvalue weighted by atomic mass is 32.2. The van der Waals surface area contributed by atoms with E-state index < -0.39 is 9.84 Å². The molecule has 2 rings (SSSR count). The Labute approximate surface area is 67.1 Å². The van der Waals surface area contributed by atoms with E-state index in [1.165, 1.54) is 0 Å². The summed E-state index contributed by atoms with van der Waals surface area (Å²) in [5.41, 5.74) is 0. The average molecular weight is 175 g/mol. The monoisotopic (exact) mass is 175 g/mol. The lowest BCUT2D eigenvalue weighted by Crippen LogP contribution is -2.45. The lowest BCUT2D eigenvalue weighted by molar-refractivity contribution is 0.527. The molecule has 4 heteroatoms. The molecule has 0 spiro atoms. The average Bonchev–Trinajstić information content (AvgIpc) is 2.69. The highest BCUT2D eigenvalue weighted by molar-refractivity contribution is 7.92. The van der Waals surface area contributed by atoms with Crippen LogP contribution in [0.5, 0.6) is 0 Å². The van der Waals surface area contributed by atoms with E-state index in [1.54, 1.807) is 0 Å². The summed E-state index contributed by atoms with van der Waals surface area (Å²) in [5, 5.41) is 3.07. The predicted octanol–water partition coefficient (Wildman–Crippen LogP) is -0.217. The third kappa shape index (κ3) is 1.42. The molecular weight excluding hydrogens is 162 g/mol. The van der Waals surface area contributed by atoms with Gasteiger partial charge < -0.3 is 5.32 Å². The lowest BCUT2D eigenvalue weighted by atomic mass is 10.3. The fourth-order valence-electron chi connectivity index (χ4n) is 1.66. The molecule has 3 nitrogen and oxygen atoms in total. The van der Waals surface area contributed by atoms with Crippen molar-refractivity contribution >= 4 is 9.84 Å². The van der Waals surface area contributed by atoms with Gasteiger partial charge in [-0.1, -0.05) is 0 Å². The summed E-state index contributed by atoms with van der Waals surface area (Å²) in [4.78, 5) is 0. The fourth-order valence-corrected chi connectivity index (χ4v) is 3.63. The van der Waals surface area contributed by atoms with Crippen LogP contribution in [0.2, 0.25) is 0 Å². The van der Waals surface area contributed by atoms with E-state index in [2.05, 4.69) is 5.32 Å². The Balaban J connectivity index is 2.15. The second-order valence-electron chi connectivity index (χ2n) is 3.45. The molecule has 1 saturated heterocycles. The molecule has 0 amide bonds. The Kier molecular flexibility index (Phi) is 1.68. The van der Waals surface area contributed by atoms with Crippen molar-refractivity contribution in [1.29, 1.82) is 0 Å². The third-order valence-corrected chi connectivity index (χ3v) is 4.77. The van der Waals surface area contributed by atoms with Crippen LogP contribution in [-0.2, 0) is 9.84 Å². The molecule has 64 valence electrons. The van der Waals surface area contributed by atoms with E-state index in [4.69, 9.17) is 0 Å². The topological polar surface area (TPSA) is 46.2 Å². The first-order chi connectivity index (χ1) is 5.20. The molecule has 1 saturated carbocycles. The fraction of sp³-hybridized carbons (Fsp3) is 1.00. The van der Waals surface area contributed by atoms with Gasteiger partial charge in [-0.05, 0) is 18.8 Å². The molecule has 1 atom stereocenters. The molecule has 1 aliphatic carbocycles. The molecule has 0 aromatic carbocycles. The maximum Gasteiger partial charge on any atom is 0.155 e. The van der Waals surface area contributed by atoms with E-state index >= 15 is 0 Å². The molecule has 1 aliphatic heterocycles. The summed E-state index contributed by atoms with van der Waals surface area (Å²) in [6.45, 7) is 1.33. The number of hydrogen-bond acceptors (Lipinski definition) is 3. The number of hydrogen-bond donors (Lipinski definition) is 1. The predicted molar refractivity (Wildman–Crippen MR) is 43.2 cm³/mol. The van der Waals surface area contributed by atoms with Crippen LogP contribution in [0.25, 0.3) is 0 Å². The molecule has 2 fully saturated rings. The quantitative estimate of drug-likeness (QED) is 0.599. The van der Waals surface area contributed by atoms with E-state index in [9.17, 15) is 8.42 Å². The Morgan fingerprint density at radius 1 is 1.27 bits per heavy atom. The second-order valence-corrected chi connectivity index (χ2v) is 5.79. The van der Waals surface area contributed by atoms with Crippen LogP contribution in [0.4, 0.5) is 0 Å². The highest BCUT2D eigenvalue weighted by Crippen LogP contribution is 2.36. The Bertz CT molecular complexity index is 243. The molecule has 2 aliphatic rings. The smallest absolute Gasteiger partial charge is 0.155 e. The van der Waals surface area contributed by atoms with Crippen molar-refractivity contribution in [3.05, 3.63) is 0 Å². The summed E-state index contributed by atoms with van der Waals surface area (Å²) in [5.74, 6) is 0.821. The van der Waals surface area contributed by atoms with Crippen molar-refractivity contribution < 1.29 is 8.42 Å². The first-order valence-electron chi connectivity index (χ1n) is 4.12. The standard InChI is InChI=1S/C7H13NO2S/c9-11(10)4-3-8-5-7(11)6-1-2-6/h6-8H,1-5H2. The van der Waals surface area contributed by atoms with Crippen LogP contribution >= 0.6 is 0 Å². The summed E-state index contributed by atoms with van der Waals surface area (Å²) in [6, 6.07) is 0. The maximum absolute atomic E-state index is 11.4. The third-order valence-electron chi connectivity index (χ3n) is 2.52. The minimum atomic E-state index is -2.72. The van der Waals surface area contributed by atoms with Crippen LogP contribution < -0.4 is 5.32 Å². The van der Waals surface area contributed by atoms with Gasteiger partial charge in [0.25, 0.3) is 0 Å². The molecule has 11 heavy (non-hydrogen) atoms. The molecule has 0 aromatic heterocycles. The van der Waals surface area contributed by atoms with Gasteiger partial charge in [0.1, 0.15) is 0 Å². The summed E-state index contributed by atoms with van der Waals surface area (Å²) in [7, 11) is -2.72. The lowest BCUT2D eigenvalue weighted by Gasteiger charge is -2.22. The van der Waals surface area contributed by atoms with E-state index in [0.29, 0.717) is 24.8 Å². The van der Waals surface area contributed by atoms with E-state index in [-0.39, 0.29) is 5.25 Å². The first kappa shape index (κ1) is 7.55. The Morgan fingerprint density at radius 2 is 2.00 bits per heavy atom. The number of sulfone groups is 1. The normalized spacial score (nSPS) is 36.9. The SMILES string of the molecule is O=S1(=O)CCNCC1C1CC1. The van der Waals surface area contributed by atoms with Crippen LogP contribution in [0, 0.1) is 5.92 Å². The molecule has 0 bridgehead atoms. The molecule has 0 aromatic rings. The van der Waals surface area contributed by atoms with Gasteiger partial charge in [0.05, 0.1) is 11.0 Å². The molecule has 0 radical (unpaired) electrons. The van der Waals surface area contributed by atoms with Crippen LogP contribution in [0.15, 0.2) is 0 Å². The van der Waals surface area contributed by atoms with Crippen molar-refractivity contribution in [1.82, 2.24) is 5.32 Å². The van der Waals surface area contributed by atoms with Gasteiger partial charge in [-0.25, -0.2) is 8.42 Å². The van der Waals surface area contributed by atoms with Crippen molar-refractivity contribution in [2.24, 2.45) is 5.92 Å². The Hall–Kier alpha value is -0.0900. The number of rotatable bonds is 1. The number of nitrogens with one attached hydrogen (secondary N) is 1. The van der Waals surface area contributed by atoms with Crippen molar-refractivity contribution in [2.45, 2.75) is 18.1 Å². The van der Waals surface area contributed by atoms with E-state index in [1.807, 2.05) is 0 Å². The zero-order valence-electron chi connectivity index (χ0n) is 6.41. The molecule has 1 N–H and O–H groups in total. The molecule has 1 unspecified atom stereocenters. The van der Waals surface area contributed by atoms with Crippen molar-refractivity contribution in [3.8, 4) is 0 Å². The zero-order chi connectivity index (χ0) is 7.90. The zero-order valence-corrected chi connectivity index (χ0v) is 7.23. The second kappa shape index (κ2) is 2.45. The van der Waals surface area contributed by atoms with Crippen LogP contribution in [0.1, 0.15) is 12.8 Å². The van der Waals surface area contributed by atoms with Gasteiger partial charge >= 0.3 is 0 Å². The summed E-state index contributed by atoms with van der Waals surface area (Å²) < 4.78 is 22.8. The van der Waals surface area contributed by atoms with E-state index in [0.717, 1.165) is 12.8 Å². The molecule has 1 heterocycles. The largest absolute Gasteiger partial charge is 0.314 e. The Morgan fingerprint density at radius 3 is 2.55 bits per heavy atom. The maximum atomic E-state index is 11.4.